The van der Waals surface area contributed by atoms with Crippen LogP contribution in [0.3, 0.4) is 0 Å². The lowest BCUT2D eigenvalue weighted by atomic mass is 10.1. The van der Waals surface area contributed by atoms with E-state index in [1.54, 1.807) is 6.07 Å². The molecule has 0 aromatic heterocycles. The first-order chi connectivity index (χ1) is 8.78. The van der Waals surface area contributed by atoms with Gasteiger partial charge in [0, 0.05) is 24.5 Å². The number of hydrogen-bond acceptors (Lipinski definition) is 4. The van der Waals surface area contributed by atoms with Crippen molar-refractivity contribution in [1.82, 2.24) is 4.90 Å². The largest absolute Gasteiger partial charge is 0.399 e. The standard InChI is InChI=1S/C14H20N4/c15-11-12-8-13(16)10-14(9-12)17-4-7-18-5-2-1-3-6-18/h8-10,17H,1-7,16H2. The highest BCUT2D eigenvalue weighted by molar-refractivity contribution is 5.59. The minimum Gasteiger partial charge on any atom is -0.399 e. The Labute approximate surface area is 108 Å². The number of likely N-dealkylation sites (tertiary alicyclic amines) is 1. The van der Waals surface area contributed by atoms with E-state index in [0.29, 0.717) is 11.3 Å². The van der Waals surface area contributed by atoms with Crippen LogP contribution in [-0.4, -0.2) is 31.1 Å². The van der Waals surface area contributed by atoms with Crippen molar-refractivity contribution in [2.24, 2.45) is 0 Å². The molecule has 1 aromatic carbocycles. The van der Waals surface area contributed by atoms with Crippen molar-refractivity contribution in [2.75, 3.05) is 37.2 Å². The van der Waals surface area contributed by atoms with Gasteiger partial charge in [0.2, 0.25) is 0 Å². The molecule has 0 saturated carbocycles. The number of benzene rings is 1. The molecule has 0 aliphatic carbocycles. The Morgan fingerprint density at radius 2 is 2.00 bits per heavy atom. The Bertz CT molecular complexity index is 430. The number of nitrogen functional groups attached to an aromatic ring is 1. The van der Waals surface area contributed by atoms with E-state index in [2.05, 4.69) is 16.3 Å². The minimum atomic E-state index is 0.607. The molecule has 0 bridgehead atoms. The Morgan fingerprint density at radius 3 is 2.72 bits per heavy atom. The highest BCUT2D eigenvalue weighted by atomic mass is 15.1. The van der Waals surface area contributed by atoms with Crippen molar-refractivity contribution >= 4 is 11.4 Å². The topological polar surface area (TPSA) is 65.1 Å². The first kappa shape index (κ1) is 12.7. The zero-order valence-corrected chi connectivity index (χ0v) is 10.7. The molecule has 0 unspecified atom stereocenters. The fraction of sp³-hybridized carbons (Fsp3) is 0.500. The summed E-state index contributed by atoms with van der Waals surface area (Å²) >= 11 is 0. The zero-order valence-electron chi connectivity index (χ0n) is 10.7. The summed E-state index contributed by atoms with van der Waals surface area (Å²) in [4.78, 5) is 2.48. The monoisotopic (exact) mass is 244 g/mol. The van der Waals surface area contributed by atoms with Crippen molar-refractivity contribution in [3.8, 4) is 6.07 Å². The van der Waals surface area contributed by atoms with Gasteiger partial charge in [-0.1, -0.05) is 6.42 Å². The number of nitrogens with zero attached hydrogens (tertiary/aromatic N) is 2. The van der Waals surface area contributed by atoms with Crippen LogP contribution in [0, 0.1) is 11.3 Å². The summed E-state index contributed by atoms with van der Waals surface area (Å²) in [7, 11) is 0. The number of piperidine rings is 1. The second-order valence-corrected chi connectivity index (χ2v) is 4.78. The van der Waals surface area contributed by atoms with Crippen molar-refractivity contribution in [3.05, 3.63) is 23.8 Å². The van der Waals surface area contributed by atoms with Gasteiger partial charge in [-0.05, 0) is 44.1 Å². The maximum atomic E-state index is 8.87. The zero-order chi connectivity index (χ0) is 12.8. The molecule has 4 heteroatoms. The molecule has 4 nitrogen and oxygen atoms in total. The average Bonchev–Trinajstić information content (AvgIpc) is 2.39. The number of hydrogen-bond donors (Lipinski definition) is 2. The lowest BCUT2D eigenvalue weighted by Crippen LogP contribution is -2.33. The van der Waals surface area contributed by atoms with Gasteiger partial charge < -0.3 is 16.0 Å². The molecule has 0 atom stereocenters. The number of nitriles is 1. The molecule has 1 saturated heterocycles. The summed E-state index contributed by atoms with van der Waals surface area (Å²) in [5, 5.41) is 12.2. The second-order valence-electron chi connectivity index (χ2n) is 4.78. The number of nitrogens with one attached hydrogen (secondary N) is 1. The third kappa shape index (κ3) is 3.64. The fourth-order valence-electron chi connectivity index (χ4n) is 2.36. The van der Waals surface area contributed by atoms with Crippen molar-refractivity contribution in [3.63, 3.8) is 0 Å². The predicted molar refractivity (Wildman–Crippen MR) is 74.4 cm³/mol. The number of anilines is 2. The van der Waals surface area contributed by atoms with Crippen LogP contribution in [0.4, 0.5) is 11.4 Å². The maximum absolute atomic E-state index is 8.87. The summed E-state index contributed by atoms with van der Waals surface area (Å²) in [6.45, 7) is 4.37. The van der Waals surface area contributed by atoms with Gasteiger partial charge in [0.1, 0.15) is 0 Å². The number of nitrogens with two attached hydrogens (primary N) is 1. The Morgan fingerprint density at radius 1 is 1.22 bits per heavy atom. The summed E-state index contributed by atoms with van der Waals surface area (Å²) < 4.78 is 0. The smallest absolute Gasteiger partial charge is 0.0993 e. The van der Waals surface area contributed by atoms with Crippen molar-refractivity contribution < 1.29 is 0 Å². The van der Waals surface area contributed by atoms with Gasteiger partial charge in [-0.15, -0.1) is 0 Å². The highest BCUT2D eigenvalue weighted by Gasteiger charge is 2.08. The lowest BCUT2D eigenvalue weighted by Gasteiger charge is -2.26. The van der Waals surface area contributed by atoms with E-state index in [1.807, 2.05) is 12.1 Å². The van der Waals surface area contributed by atoms with Gasteiger partial charge in [0.05, 0.1) is 11.6 Å². The third-order valence-electron chi connectivity index (χ3n) is 3.29. The molecule has 18 heavy (non-hydrogen) atoms. The fourth-order valence-corrected chi connectivity index (χ4v) is 2.36. The Balaban J connectivity index is 1.82. The van der Waals surface area contributed by atoms with E-state index in [1.165, 1.54) is 32.4 Å². The Kier molecular flexibility index (Phi) is 4.43. The van der Waals surface area contributed by atoms with E-state index >= 15 is 0 Å². The second kappa shape index (κ2) is 6.27. The normalized spacial score (nSPS) is 16.2. The Hall–Kier alpha value is -1.73. The quantitative estimate of drug-likeness (QED) is 0.795. The lowest BCUT2D eigenvalue weighted by molar-refractivity contribution is 0.237. The summed E-state index contributed by atoms with van der Waals surface area (Å²) in [5.74, 6) is 0. The summed E-state index contributed by atoms with van der Waals surface area (Å²) in [6, 6.07) is 7.52. The van der Waals surface area contributed by atoms with Gasteiger partial charge in [-0.25, -0.2) is 0 Å². The average molecular weight is 244 g/mol. The molecular formula is C14H20N4. The van der Waals surface area contributed by atoms with Crippen LogP contribution in [0.5, 0.6) is 0 Å². The molecule has 0 radical (unpaired) electrons. The molecule has 1 aliphatic heterocycles. The molecule has 3 N–H and O–H groups in total. The SMILES string of the molecule is N#Cc1cc(N)cc(NCCN2CCCCC2)c1. The van der Waals surface area contributed by atoms with Crippen LogP contribution in [0.2, 0.25) is 0 Å². The van der Waals surface area contributed by atoms with E-state index in [4.69, 9.17) is 11.0 Å². The van der Waals surface area contributed by atoms with Gasteiger partial charge in [-0.2, -0.15) is 5.26 Å². The molecule has 1 heterocycles. The third-order valence-corrected chi connectivity index (χ3v) is 3.29. The van der Waals surface area contributed by atoms with E-state index in [9.17, 15) is 0 Å². The van der Waals surface area contributed by atoms with Gasteiger partial charge in [-0.3, -0.25) is 0 Å². The van der Waals surface area contributed by atoms with Crippen LogP contribution in [0.15, 0.2) is 18.2 Å². The first-order valence-corrected chi connectivity index (χ1v) is 6.55. The summed E-state index contributed by atoms with van der Waals surface area (Å²) in [5.41, 5.74) is 7.92. The molecule has 1 fully saturated rings. The minimum absolute atomic E-state index is 0.607. The predicted octanol–water partition coefficient (Wildman–Crippen LogP) is 2.04. The maximum Gasteiger partial charge on any atom is 0.0993 e. The van der Waals surface area contributed by atoms with E-state index in [-0.39, 0.29) is 0 Å². The highest BCUT2D eigenvalue weighted by Crippen LogP contribution is 2.16. The van der Waals surface area contributed by atoms with Crippen LogP contribution in [0.25, 0.3) is 0 Å². The van der Waals surface area contributed by atoms with E-state index in [0.717, 1.165) is 18.8 Å². The van der Waals surface area contributed by atoms with Crippen molar-refractivity contribution in [2.45, 2.75) is 19.3 Å². The molecule has 0 spiro atoms. The molecule has 1 aliphatic rings. The number of rotatable bonds is 4. The molecule has 2 rings (SSSR count). The van der Waals surface area contributed by atoms with Crippen LogP contribution >= 0.6 is 0 Å². The van der Waals surface area contributed by atoms with Crippen molar-refractivity contribution in [1.29, 1.82) is 5.26 Å². The molecule has 0 amide bonds. The van der Waals surface area contributed by atoms with Gasteiger partial charge in [0.15, 0.2) is 0 Å². The van der Waals surface area contributed by atoms with Crippen LogP contribution < -0.4 is 11.1 Å². The molecular weight excluding hydrogens is 224 g/mol. The van der Waals surface area contributed by atoms with Gasteiger partial charge >= 0.3 is 0 Å². The van der Waals surface area contributed by atoms with Crippen LogP contribution in [0.1, 0.15) is 24.8 Å². The molecule has 96 valence electrons. The molecule has 1 aromatic rings. The first-order valence-electron chi connectivity index (χ1n) is 6.55. The summed E-state index contributed by atoms with van der Waals surface area (Å²) in [6.07, 6.45) is 4.00. The van der Waals surface area contributed by atoms with Gasteiger partial charge in [0.25, 0.3) is 0 Å². The van der Waals surface area contributed by atoms with E-state index < -0.39 is 0 Å². The van der Waals surface area contributed by atoms with Crippen LogP contribution in [-0.2, 0) is 0 Å².